The molecular formula is C15H24N4O3. The van der Waals surface area contributed by atoms with Crippen LogP contribution in [0.1, 0.15) is 12.1 Å². The minimum atomic E-state index is -1.03. The first-order chi connectivity index (χ1) is 10.5. The second kappa shape index (κ2) is 6.45. The van der Waals surface area contributed by atoms with Gasteiger partial charge in [-0.2, -0.15) is 0 Å². The highest BCUT2D eigenvalue weighted by Crippen LogP contribution is 2.26. The van der Waals surface area contributed by atoms with E-state index in [1.54, 1.807) is 6.33 Å². The highest BCUT2D eigenvalue weighted by Gasteiger charge is 2.35. The van der Waals surface area contributed by atoms with Gasteiger partial charge in [0.1, 0.15) is 12.4 Å². The van der Waals surface area contributed by atoms with E-state index in [4.69, 9.17) is 0 Å². The molecule has 2 aliphatic rings. The second-order valence-electron chi connectivity index (χ2n) is 6.44. The van der Waals surface area contributed by atoms with Gasteiger partial charge in [-0.3, -0.25) is 4.90 Å². The molecule has 2 fully saturated rings. The Morgan fingerprint density at radius 1 is 1.18 bits per heavy atom. The van der Waals surface area contributed by atoms with Gasteiger partial charge in [-0.15, -0.1) is 0 Å². The molecule has 1 aromatic rings. The first-order valence-electron chi connectivity index (χ1n) is 7.82. The third-order valence-electron chi connectivity index (χ3n) is 4.71. The summed E-state index contributed by atoms with van der Waals surface area (Å²) in [7, 11) is 0. The van der Waals surface area contributed by atoms with Gasteiger partial charge in [-0.05, 0) is 19.3 Å². The van der Waals surface area contributed by atoms with Crippen LogP contribution in [0.2, 0.25) is 0 Å². The third-order valence-corrected chi connectivity index (χ3v) is 4.71. The number of likely N-dealkylation sites (tertiary alicyclic amines) is 1. The largest absolute Gasteiger partial charge is 0.389 e. The quantitative estimate of drug-likeness (QED) is 0.660. The van der Waals surface area contributed by atoms with Crippen molar-refractivity contribution < 1.29 is 15.3 Å². The number of β-amino-alcohol motifs (C(OH)–C–C–N with tert-alkyl or cyclic N) is 2. The SMILES string of the molecule is Cc1ncncc1N1CC[C@@H](CN2C[C@@H](O)[C@H](O)[C@@H](O)C2)C1. The molecule has 3 N–H and O–H groups in total. The number of hydrogen-bond acceptors (Lipinski definition) is 7. The lowest BCUT2D eigenvalue weighted by Crippen LogP contribution is -2.56. The Kier molecular flexibility index (Phi) is 4.58. The molecule has 122 valence electrons. The van der Waals surface area contributed by atoms with Crippen molar-refractivity contribution in [2.75, 3.05) is 37.6 Å². The van der Waals surface area contributed by atoms with Crippen LogP contribution < -0.4 is 4.90 Å². The van der Waals surface area contributed by atoms with E-state index >= 15 is 0 Å². The van der Waals surface area contributed by atoms with Crippen molar-refractivity contribution in [2.24, 2.45) is 5.92 Å². The van der Waals surface area contributed by atoms with Crippen molar-refractivity contribution in [3.63, 3.8) is 0 Å². The van der Waals surface area contributed by atoms with Crippen molar-refractivity contribution in [1.29, 1.82) is 0 Å². The van der Waals surface area contributed by atoms with Gasteiger partial charge in [0.2, 0.25) is 0 Å². The number of nitrogens with zero attached hydrogens (tertiary/aromatic N) is 4. The molecule has 2 saturated heterocycles. The number of rotatable bonds is 3. The minimum Gasteiger partial charge on any atom is -0.389 e. The highest BCUT2D eigenvalue weighted by molar-refractivity contribution is 5.48. The van der Waals surface area contributed by atoms with Gasteiger partial charge < -0.3 is 20.2 Å². The molecule has 22 heavy (non-hydrogen) atoms. The Balaban J connectivity index is 1.56. The maximum atomic E-state index is 9.78. The highest BCUT2D eigenvalue weighted by atomic mass is 16.4. The summed E-state index contributed by atoms with van der Waals surface area (Å²) >= 11 is 0. The molecule has 7 nitrogen and oxygen atoms in total. The molecule has 0 spiro atoms. The van der Waals surface area contributed by atoms with Crippen LogP contribution in [-0.2, 0) is 0 Å². The minimum absolute atomic E-state index is 0.419. The number of aryl methyl sites for hydroxylation is 1. The molecule has 0 aliphatic carbocycles. The van der Waals surface area contributed by atoms with E-state index in [0.717, 1.165) is 37.4 Å². The Bertz CT molecular complexity index is 503. The topological polar surface area (TPSA) is 93.0 Å². The Morgan fingerprint density at radius 3 is 2.59 bits per heavy atom. The van der Waals surface area contributed by atoms with Crippen molar-refractivity contribution in [2.45, 2.75) is 31.7 Å². The molecule has 0 saturated carbocycles. The van der Waals surface area contributed by atoms with E-state index in [0.29, 0.717) is 19.0 Å². The molecule has 0 aromatic carbocycles. The van der Waals surface area contributed by atoms with Crippen LogP contribution in [0.5, 0.6) is 0 Å². The summed E-state index contributed by atoms with van der Waals surface area (Å²) in [5, 5.41) is 29.2. The predicted octanol–water partition coefficient (Wildman–Crippen LogP) is -0.990. The summed E-state index contributed by atoms with van der Waals surface area (Å²) in [5.41, 5.74) is 2.07. The number of hydrogen-bond donors (Lipinski definition) is 3. The number of aliphatic hydroxyl groups is 3. The van der Waals surface area contributed by atoms with Crippen molar-refractivity contribution >= 4 is 5.69 Å². The maximum Gasteiger partial charge on any atom is 0.115 e. The van der Waals surface area contributed by atoms with Crippen LogP contribution >= 0.6 is 0 Å². The van der Waals surface area contributed by atoms with Crippen molar-refractivity contribution in [3.05, 3.63) is 18.2 Å². The summed E-state index contributed by atoms with van der Waals surface area (Å²) in [6.07, 6.45) is 1.72. The molecule has 3 rings (SSSR count). The Labute approximate surface area is 130 Å². The summed E-state index contributed by atoms with van der Waals surface area (Å²) in [4.78, 5) is 12.7. The first kappa shape index (κ1) is 15.6. The zero-order valence-corrected chi connectivity index (χ0v) is 12.8. The Morgan fingerprint density at radius 2 is 1.91 bits per heavy atom. The molecule has 4 atom stereocenters. The average molecular weight is 308 g/mol. The van der Waals surface area contributed by atoms with Gasteiger partial charge in [0.25, 0.3) is 0 Å². The normalized spacial score (nSPS) is 33.4. The lowest BCUT2D eigenvalue weighted by molar-refractivity contribution is -0.111. The third kappa shape index (κ3) is 3.22. The molecule has 0 unspecified atom stereocenters. The maximum absolute atomic E-state index is 9.78. The van der Waals surface area contributed by atoms with E-state index in [2.05, 4.69) is 14.9 Å². The number of piperidine rings is 1. The lowest BCUT2D eigenvalue weighted by atomic mass is 10.00. The molecule has 0 amide bonds. The fourth-order valence-electron chi connectivity index (χ4n) is 3.48. The van der Waals surface area contributed by atoms with E-state index in [1.807, 2.05) is 18.0 Å². The van der Waals surface area contributed by atoms with E-state index in [-0.39, 0.29) is 0 Å². The standard InChI is InChI=1S/C15H24N4O3/c1-10-12(4-16-9-17-10)19-3-2-11(6-19)5-18-7-13(20)15(22)14(21)8-18/h4,9,11,13-15,20-22H,2-3,5-8H2,1H3/t11-,13-,14+,15+/m0/s1. The van der Waals surface area contributed by atoms with Gasteiger partial charge in [-0.25, -0.2) is 9.97 Å². The molecule has 7 heteroatoms. The lowest BCUT2D eigenvalue weighted by Gasteiger charge is -2.38. The fourth-order valence-corrected chi connectivity index (χ4v) is 3.48. The van der Waals surface area contributed by atoms with Gasteiger partial charge in [0.15, 0.2) is 0 Å². The van der Waals surface area contributed by atoms with Gasteiger partial charge in [-0.1, -0.05) is 0 Å². The molecule has 3 heterocycles. The van der Waals surface area contributed by atoms with Crippen LogP contribution in [0.4, 0.5) is 5.69 Å². The average Bonchev–Trinajstić information content (AvgIpc) is 2.93. The van der Waals surface area contributed by atoms with Crippen LogP contribution in [0, 0.1) is 12.8 Å². The van der Waals surface area contributed by atoms with E-state index in [9.17, 15) is 15.3 Å². The molecule has 1 aromatic heterocycles. The predicted molar refractivity (Wildman–Crippen MR) is 81.5 cm³/mol. The molecule has 2 aliphatic heterocycles. The number of aliphatic hydroxyl groups excluding tert-OH is 3. The van der Waals surface area contributed by atoms with Gasteiger partial charge >= 0.3 is 0 Å². The molecular weight excluding hydrogens is 284 g/mol. The summed E-state index contributed by atoms with van der Waals surface area (Å²) in [5.74, 6) is 0.481. The van der Waals surface area contributed by atoms with Crippen LogP contribution in [-0.4, -0.2) is 81.2 Å². The summed E-state index contributed by atoms with van der Waals surface area (Å²) in [6, 6.07) is 0. The van der Waals surface area contributed by atoms with Crippen LogP contribution in [0.3, 0.4) is 0 Å². The number of aromatic nitrogens is 2. The Hall–Kier alpha value is -1.28. The number of anilines is 1. The van der Waals surface area contributed by atoms with E-state index in [1.165, 1.54) is 0 Å². The van der Waals surface area contributed by atoms with Gasteiger partial charge in [0, 0.05) is 32.7 Å². The summed E-state index contributed by atoms with van der Waals surface area (Å²) in [6.45, 7) is 5.55. The molecule has 0 radical (unpaired) electrons. The van der Waals surface area contributed by atoms with Crippen LogP contribution in [0.15, 0.2) is 12.5 Å². The first-order valence-corrected chi connectivity index (χ1v) is 7.82. The van der Waals surface area contributed by atoms with E-state index < -0.39 is 18.3 Å². The van der Waals surface area contributed by atoms with Crippen LogP contribution in [0.25, 0.3) is 0 Å². The zero-order chi connectivity index (χ0) is 15.7. The smallest absolute Gasteiger partial charge is 0.115 e. The second-order valence-corrected chi connectivity index (χ2v) is 6.44. The fraction of sp³-hybridized carbons (Fsp3) is 0.733. The molecule has 0 bridgehead atoms. The van der Waals surface area contributed by atoms with Crippen molar-refractivity contribution in [1.82, 2.24) is 14.9 Å². The zero-order valence-electron chi connectivity index (χ0n) is 12.8. The monoisotopic (exact) mass is 308 g/mol. The van der Waals surface area contributed by atoms with Gasteiger partial charge in [0.05, 0.1) is 29.8 Å². The van der Waals surface area contributed by atoms with Crippen molar-refractivity contribution in [3.8, 4) is 0 Å². The summed E-state index contributed by atoms with van der Waals surface area (Å²) < 4.78 is 0.